The van der Waals surface area contributed by atoms with Crippen LogP contribution in [-0.4, -0.2) is 18.6 Å². The number of carbonyl (C=O) groups excluding carboxylic acids is 1. The van der Waals surface area contributed by atoms with Crippen LogP contribution in [0.1, 0.15) is 37.4 Å². The molecule has 0 bridgehead atoms. The van der Waals surface area contributed by atoms with Gasteiger partial charge >= 0.3 is 5.97 Å². The van der Waals surface area contributed by atoms with Gasteiger partial charge in [0.2, 0.25) is 0 Å². The maximum absolute atomic E-state index is 11.6. The van der Waals surface area contributed by atoms with E-state index in [1.807, 2.05) is 19.9 Å². The van der Waals surface area contributed by atoms with E-state index >= 15 is 0 Å². The molecule has 18 heavy (non-hydrogen) atoms. The number of rotatable bonds is 4. The largest absolute Gasteiger partial charge is 0.465 e. The number of hydrogen-bond donors (Lipinski definition) is 1. The minimum atomic E-state index is -0.244. The summed E-state index contributed by atoms with van der Waals surface area (Å²) in [5, 5.41) is 3.35. The van der Waals surface area contributed by atoms with Crippen molar-refractivity contribution in [3.8, 4) is 0 Å². The molecule has 1 N–H and O–H groups in total. The predicted molar refractivity (Wildman–Crippen MR) is 74.0 cm³/mol. The first-order valence-corrected chi connectivity index (χ1v) is 6.23. The molecule has 1 aliphatic rings. The predicted octanol–water partition coefficient (Wildman–Crippen LogP) is 2.64. The van der Waals surface area contributed by atoms with Gasteiger partial charge < -0.3 is 4.74 Å². The second-order valence-electron chi connectivity index (χ2n) is 4.43. The average Bonchev–Trinajstić information content (AvgIpc) is 2.73. The van der Waals surface area contributed by atoms with Crippen molar-refractivity contribution < 1.29 is 9.53 Å². The van der Waals surface area contributed by atoms with Crippen molar-refractivity contribution in [1.29, 1.82) is 0 Å². The van der Waals surface area contributed by atoms with Gasteiger partial charge in [-0.3, -0.25) is 10.1 Å². The van der Waals surface area contributed by atoms with Crippen LogP contribution in [-0.2, 0) is 16.0 Å². The minimum absolute atomic E-state index is 0. The van der Waals surface area contributed by atoms with Gasteiger partial charge in [0.25, 0.3) is 0 Å². The topological polar surface area (TPSA) is 38.3 Å². The highest BCUT2D eigenvalue weighted by molar-refractivity contribution is 5.85. The van der Waals surface area contributed by atoms with Crippen LogP contribution in [0.4, 0.5) is 0 Å². The van der Waals surface area contributed by atoms with Gasteiger partial charge in [0, 0.05) is 6.04 Å². The molecule has 0 aromatic heterocycles. The number of fused-ring (bicyclic) bond motifs is 1. The summed E-state index contributed by atoms with van der Waals surface area (Å²) < 4.78 is 5.00. The average molecular weight is 270 g/mol. The third kappa shape index (κ3) is 3.24. The number of esters is 1. The lowest BCUT2D eigenvalue weighted by Crippen LogP contribution is -2.37. The first kappa shape index (κ1) is 15.0. The Morgan fingerprint density at radius 2 is 2.22 bits per heavy atom. The lowest BCUT2D eigenvalue weighted by Gasteiger charge is -2.19. The maximum Gasteiger partial charge on any atom is 0.322 e. The fourth-order valence-corrected chi connectivity index (χ4v) is 2.37. The zero-order valence-electron chi connectivity index (χ0n) is 10.8. The molecule has 0 fully saturated rings. The van der Waals surface area contributed by atoms with E-state index < -0.39 is 0 Å². The molecule has 1 aromatic carbocycles. The second kappa shape index (κ2) is 6.76. The molecule has 0 heterocycles. The zero-order valence-corrected chi connectivity index (χ0v) is 11.6. The van der Waals surface area contributed by atoms with Crippen LogP contribution in [0.2, 0.25) is 0 Å². The first-order valence-electron chi connectivity index (χ1n) is 6.23. The second-order valence-corrected chi connectivity index (χ2v) is 4.43. The van der Waals surface area contributed by atoms with Crippen LogP contribution in [0.25, 0.3) is 0 Å². The number of ether oxygens (including phenoxy) is 1. The molecule has 2 rings (SSSR count). The van der Waals surface area contributed by atoms with E-state index in [1.54, 1.807) is 0 Å². The van der Waals surface area contributed by atoms with Gasteiger partial charge in [-0.05, 0) is 37.8 Å². The molecule has 0 saturated heterocycles. The van der Waals surface area contributed by atoms with E-state index in [2.05, 4.69) is 23.5 Å². The Balaban J connectivity index is 0.00000162. The Bertz CT molecular complexity index is 409. The molecule has 0 aliphatic heterocycles. The zero-order chi connectivity index (χ0) is 12.3. The molecule has 2 atom stereocenters. The standard InChI is InChI=1S/C14H19NO2.ClH/c1-3-17-14(16)10(2)15-13-9-8-11-6-4-5-7-12(11)13;/h4-7,10,13,15H,3,8-9H2,1-2H3;1H. The van der Waals surface area contributed by atoms with Crippen LogP contribution < -0.4 is 5.32 Å². The van der Waals surface area contributed by atoms with Crippen LogP contribution >= 0.6 is 12.4 Å². The van der Waals surface area contributed by atoms with Crippen molar-refractivity contribution in [1.82, 2.24) is 5.32 Å². The van der Waals surface area contributed by atoms with Gasteiger partial charge in [0.1, 0.15) is 6.04 Å². The highest BCUT2D eigenvalue weighted by Crippen LogP contribution is 2.30. The summed E-state index contributed by atoms with van der Waals surface area (Å²) in [4.78, 5) is 11.6. The van der Waals surface area contributed by atoms with Gasteiger partial charge in [-0.1, -0.05) is 24.3 Å². The van der Waals surface area contributed by atoms with Gasteiger partial charge in [-0.15, -0.1) is 12.4 Å². The summed E-state index contributed by atoms with van der Waals surface area (Å²) in [6, 6.07) is 8.45. The summed E-state index contributed by atoms with van der Waals surface area (Å²) in [6.45, 7) is 4.13. The fraction of sp³-hybridized carbons (Fsp3) is 0.500. The van der Waals surface area contributed by atoms with E-state index in [1.165, 1.54) is 11.1 Å². The van der Waals surface area contributed by atoms with Gasteiger partial charge in [-0.25, -0.2) is 0 Å². The molecule has 2 unspecified atom stereocenters. The van der Waals surface area contributed by atoms with E-state index in [-0.39, 0.29) is 30.5 Å². The summed E-state index contributed by atoms with van der Waals surface area (Å²) >= 11 is 0. The Morgan fingerprint density at radius 1 is 1.50 bits per heavy atom. The van der Waals surface area contributed by atoms with Crippen LogP contribution in [0, 0.1) is 0 Å². The highest BCUT2D eigenvalue weighted by atomic mass is 35.5. The quantitative estimate of drug-likeness (QED) is 0.854. The van der Waals surface area contributed by atoms with E-state index in [9.17, 15) is 4.79 Å². The minimum Gasteiger partial charge on any atom is -0.465 e. The van der Waals surface area contributed by atoms with Gasteiger partial charge in [0.15, 0.2) is 0 Å². The van der Waals surface area contributed by atoms with E-state index in [4.69, 9.17) is 4.74 Å². The number of hydrogen-bond acceptors (Lipinski definition) is 3. The van der Waals surface area contributed by atoms with Crippen molar-refractivity contribution in [3.05, 3.63) is 35.4 Å². The van der Waals surface area contributed by atoms with Crippen molar-refractivity contribution in [2.24, 2.45) is 0 Å². The van der Waals surface area contributed by atoms with Crippen LogP contribution in [0.3, 0.4) is 0 Å². The molecule has 0 amide bonds. The number of nitrogens with one attached hydrogen (secondary N) is 1. The van der Waals surface area contributed by atoms with E-state index in [0.717, 1.165) is 12.8 Å². The van der Waals surface area contributed by atoms with Gasteiger partial charge in [0.05, 0.1) is 6.61 Å². The number of aryl methyl sites for hydroxylation is 1. The lowest BCUT2D eigenvalue weighted by molar-refractivity contribution is -0.145. The molecule has 3 nitrogen and oxygen atoms in total. The molecular formula is C14H20ClNO2. The maximum atomic E-state index is 11.6. The molecule has 100 valence electrons. The first-order chi connectivity index (χ1) is 8.22. The molecule has 0 radical (unpaired) electrons. The lowest BCUT2D eigenvalue weighted by atomic mass is 10.1. The summed E-state index contributed by atoms with van der Waals surface area (Å²) in [5.74, 6) is -0.170. The number of carbonyl (C=O) groups is 1. The Morgan fingerprint density at radius 3 is 2.94 bits per heavy atom. The van der Waals surface area contributed by atoms with Crippen LogP contribution in [0.15, 0.2) is 24.3 Å². The Hall–Kier alpha value is -1.06. The number of halogens is 1. The van der Waals surface area contributed by atoms with Crippen LogP contribution in [0.5, 0.6) is 0 Å². The third-order valence-electron chi connectivity index (χ3n) is 3.22. The molecule has 1 aromatic rings. The number of benzene rings is 1. The smallest absolute Gasteiger partial charge is 0.322 e. The SMILES string of the molecule is CCOC(=O)C(C)NC1CCc2ccccc21.Cl. The fourth-order valence-electron chi connectivity index (χ4n) is 2.37. The molecule has 4 heteroatoms. The van der Waals surface area contributed by atoms with E-state index in [0.29, 0.717) is 6.61 Å². The van der Waals surface area contributed by atoms with Crippen molar-refractivity contribution in [2.75, 3.05) is 6.61 Å². The normalized spacial score (nSPS) is 18.7. The summed E-state index contributed by atoms with van der Waals surface area (Å²) in [6.07, 6.45) is 2.15. The molecule has 0 spiro atoms. The Kier molecular flexibility index (Phi) is 5.63. The van der Waals surface area contributed by atoms with Crippen molar-refractivity contribution in [2.45, 2.75) is 38.8 Å². The molecule has 0 saturated carbocycles. The Labute approximate surface area is 114 Å². The monoisotopic (exact) mass is 269 g/mol. The molecule has 1 aliphatic carbocycles. The summed E-state index contributed by atoms with van der Waals surface area (Å²) in [7, 11) is 0. The van der Waals surface area contributed by atoms with Gasteiger partial charge in [-0.2, -0.15) is 0 Å². The van der Waals surface area contributed by atoms with Crippen molar-refractivity contribution in [3.63, 3.8) is 0 Å². The third-order valence-corrected chi connectivity index (χ3v) is 3.22. The highest BCUT2D eigenvalue weighted by Gasteiger charge is 2.25. The molecular weight excluding hydrogens is 250 g/mol. The summed E-state index contributed by atoms with van der Waals surface area (Å²) in [5.41, 5.74) is 2.71. The van der Waals surface area contributed by atoms with Crippen molar-refractivity contribution >= 4 is 18.4 Å².